The van der Waals surface area contributed by atoms with Crippen molar-refractivity contribution in [2.24, 2.45) is 11.3 Å². The molecule has 0 spiro atoms. The first-order valence-corrected chi connectivity index (χ1v) is 8.51. The van der Waals surface area contributed by atoms with Gasteiger partial charge in [0.05, 0.1) is 24.2 Å². The van der Waals surface area contributed by atoms with Gasteiger partial charge < -0.3 is 10.2 Å². The van der Waals surface area contributed by atoms with Gasteiger partial charge in [-0.2, -0.15) is 0 Å². The van der Waals surface area contributed by atoms with Crippen molar-refractivity contribution in [1.29, 1.82) is 0 Å². The second-order valence-corrected chi connectivity index (χ2v) is 7.30. The number of carbonyl (C=O) groups excluding carboxylic acids is 2. The van der Waals surface area contributed by atoms with Crippen molar-refractivity contribution in [1.82, 2.24) is 0 Å². The van der Waals surface area contributed by atoms with Crippen molar-refractivity contribution >= 4 is 11.9 Å². The first-order chi connectivity index (χ1) is 11.7. The van der Waals surface area contributed by atoms with Gasteiger partial charge in [0, 0.05) is 0 Å². The van der Waals surface area contributed by atoms with Crippen LogP contribution in [-0.2, 0) is 14.6 Å². The molecule has 25 heavy (non-hydrogen) atoms. The molecule has 2 N–H and O–H groups in total. The second kappa shape index (κ2) is 10.2. The Morgan fingerprint density at radius 1 is 1.08 bits per heavy atom. The highest BCUT2D eigenvalue weighted by Gasteiger charge is 2.29. The van der Waals surface area contributed by atoms with Crippen LogP contribution in [0.3, 0.4) is 0 Å². The van der Waals surface area contributed by atoms with Gasteiger partial charge in [0.25, 0.3) is 0 Å². The van der Waals surface area contributed by atoms with Crippen LogP contribution in [0.15, 0.2) is 30.3 Å². The normalized spacial score (nSPS) is 13.8. The van der Waals surface area contributed by atoms with Gasteiger partial charge in [0.2, 0.25) is 0 Å². The average Bonchev–Trinajstić information content (AvgIpc) is 2.58. The Morgan fingerprint density at radius 3 is 2.28 bits per heavy atom. The molecule has 0 saturated heterocycles. The maximum atomic E-state index is 12.1. The zero-order chi connectivity index (χ0) is 18.9. The van der Waals surface area contributed by atoms with Crippen LogP contribution in [0, 0.1) is 11.3 Å². The Kier molecular flexibility index (Phi) is 8.58. The van der Waals surface area contributed by atoms with Crippen LogP contribution in [0.1, 0.15) is 56.8 Å². The van der Waals surface area contributed by atoms with Crippen LogP contribution >= 0.6 is 0 Å². The van der Waals surface area contributed by atoms with Crippen molar-refractivity contribution in [2.75, 3.05) is 6.61 Å². The van der Waals surface area contributed by atoms with E-state index in [0.717, 1.165) is 12.8 Å². The third-order valence-corrected chi connectivity index (χ3v) is 3.86. The SMILES string of the molecule is CC(C)(C)CCCCC(C(=O)OOC(=O)c1ccccc1)C(O)CO. The van der Waals surface area contributed by atoms with E-state index >= 15 is 0 Å². The molecular weight excluding hydrogens is 324 g/mol. The summed E-state index contributed by atoms with van der Waals surface area (Å²) in [5, 5.41) is 19.0. The minimum absolute atomic E-state index is 0.191. The molecule has 0 amide bonds. The molecule has 0 bridgehead atoms. The fourth-order valence-corrected chi connectivity index (χ4v) is 2.38. The summed E-state index contributed by atoms with van der Waals surface area (Å²) < 4.78 is 0. The Balaban J connectivity index is 2.51. The maximum absolute atomic E-state index is 12.1. The zero-order valence-electron chi connectivity index (χ0n) is 15.1. The van der Waals surface area contributed by atoms with Crippen molar-refractivity contribution in [2.45, 2.75) is 52.6 Å². The first kappa shape index (κ1) is 21.1. The molecule has 0 radical (unpaired) electrons. The largest absolute Gasteiger partial charge is 0.394 e. The average molecular weight is 352 g/mol. The number of benzene rings is 1. The van der Waals surface area contributed by atoms with E-state index in [2.05, 4.69) is 30.5 Å². The highest BCUT2D eigenvalue weighted by atomic mass is 17.2. The Labute approximate surface area is 148 Å². The molecule has 0 fully saturated rings. The molecule has 1 aromatic rings. The molecule has 1 aromatic carbocycles. The zero-order valence-corrected chi connectivity index (χ0v) is 15.1. The molecule has 1 rings (SSSR count). The number of aliphatic hydroxyl groups excluding tert-OH is 2. The quantitative estimate of drug-likeness (QED) is 0.424. The minimum atomic E-state index is -1.25. The number of unbranched alkanes of at least 4 members (excludes halogenated alkanes) is 1. The van der Waals surface area contributed by atoms with Gasteiger partial charge in [-0.3, -0.25) is 0 Å². The Morgan fingerprint density at radius 2 is 1.72 bits per heavy atom. The number of rotatable bonds is 8. The number of carbonyl (C=O) groups is 2. The summed E-state index contributed by atoms with van der Waals surface area (Å²) in [6.45, 7) is 5.82. The van der Waals surface area contributed by atoms with Crippen LogP contribution in [0.25, 0.3) is 0 Å². The predicted octanol–water partition coefficient (Wildman–Crippen LogP) is 2.88. The summed E-state index contributed by atoms with van der Waals surface area (Å²) >= 11 is 0. The van der Waals surface area contributed by atoms with Gasteiger partial charge in [-0.15, -0.1) is 0 Å². The fraction of sp³-hybridized carbons (Fsp3) is 0.579. The summed E-state index contributed by atoms with van der Waals surface area (Å²) in [5.41, 5.74) is 0.441. The van der Waals surface area contributed by atoms with Crippen molar-refractivity contribution in [3.05, 3.63) is 35.9 Å². The molecule has 0 aliphatic rings. The van der Waals surface area contributed by atoms with Gasteiger partial charge in [-0.25, -0.2) is 19.4 Å². The van der Waals surface area contributed by atoms with E-state index < -0.39 is 30.6 Å². The topological polar surface area (TPSA) is 93.1 Å². The summed E-state index contributed by atoms with van der Waals surface area (Å²) in [4.78, 5) is 33.0. The molecule has 6 heteroatoms. The number of aliphatic hydroxyl groups is 2. The maximum Gasteiger partial charge on any atom is 0.386 e. The summed E-state index contributed by atoms with van der Waals surface area (Å²) in [6.07, 6.45) is 1.65. The fourth-order valence-electron chi connectivity index (χ4n) is 2.38. The predicted molar refractivity (Wildman–Crippen MR) is 92.5 cm³/mol. The standard InChI is InChI=1S/C19H28O6/c1-19(2,3)12-8-7-11-15(16(21)13-20)18(23)25-24-17(22)14-9-5-4-6-10-14/h4-6,9-10,15-16,20-21H,7-8,11-13H2,1-3H3. The molecule has 2 unspecified atom stereocenters. The van der Waals surface area contributed by atoms with E-state index in [1.165, 1.54) is 12.1 Å². The second-order valence-electron chi connectivity index (χ2n) is 7.30. The van der Waals surface area contributed by atoms with E-state index in [4.69, 9.17) is 5.11 Å². The highest BCUT2D eigenvalue weighted by molar-refractivity contribution is 5.89. The van der Waals surface area contributed by atoms with E-state index in [1.807, 2.05) is 0 Å². The lowest BCUT2D eigenvalue weighted by Gasteiger charge is -2.21. The van der Waals surface area contributed by atoms with Gasteiger partial charge >= 0.3 is 11.9 Å². The summed E-state index contributed by atoms with van der Waals surface area (Å²) in [5.74, 6) is -2.59. The van der Waals surface area contributed by atoms with E-state index in [0.29, 0.717) is 12.8 Å². The number of hydrogen-bond donors (Lipinski definition) is 2. The summed E-state index contributed by atoms with van der Waals surface area (Å²) in [7, 11) is 0. The third-order valence-electron chi connectivity index (χ3n) is 3.86. The highest BCUT2D eigenvalue weighted by Crippen LogP contribution is 2.24. The molecular formula is C19H28O6. The van der Waals surface area contributed by atoms with Crippen LogP contribution in [0.2, 0.25) is 0 Å². The van der Waals surface area contributed by atoms with Gasteiger partial charge in [-0.05, 0) is 30.4 Å². The smallest absolute Gasteiger partial charge is 0.386 e. The van der Waals surface area contributed by atoms with Gasteiger partial charge in [0.1, 0.15) is 0 Å². The van der Waals surface area contributed by atoms with Crippen molar-refractivity contribution in [3.63, 3.8) is 0 Å². The molecule has 2 atom stereocenters. The molecule has 6 nitrogen and oxygen atoms in total. The lowest BCUT2D eigenvalue weighted by Crippen LogP contribution is -2.33. The Bertz CT molecular complexity index is 535. The van der Waals surface area contributed by atoms with Crippen LogP contribution in [-0.4, -0.2) is 34.9 Å². The molecule has 0 heterocycles. The lowest BCUT2D eigenvalue weighted by molar-refractivity contribution is -0.242. The molecule has 0 aliphatic carbocycles. The Hall–Kier alpha value is -1.92. The monoisotopic (exact) mass is 352 g/mol. The number of hydrogen-bond acceptors (Lipinski definition) is 6. The molecule has 0 saturated carbocycles. The lowest BCUT2D eigenvalue weighted by atomic mass is 9.88. The van der Waals surface area contributed by atoms with Crippen molar-refractivity contribution in [3.8, 4) is 0 Å². The van der Waals surface area contributed by atoms with E-state index in [1.54, 1.807) is 18.2 Å². The third kappa shape index (κ3) is 8.14. The minimum Gasteiger partial charge on any atom is -0.394 e. The first-order valence-electron chi connectivity index (χ1n) is 8.51. The van der Waals surface area contributed by atoms with Crippen molar-refractivity contribution < 1.29 is 29.6 Å². The van der Waals surface area contributed by atoms with Crippen LogP contribution in [0.5, 0.6) is 0 Å². The van der Waals surface area contributed by atoms with Crippen LogP contribution < -0.4 is 0 Å². The molecule has 0 aromatic heterocycles. The summed E-state index contributed by atoms with van der Waals surface area (Å²) in [6, 6.07) is 8.12. The molecule has 140 valence electrons. The molecule has 0 aliphatic heterocycles. The van der Waals surface area contributed by atoms with E-state index in [9.17, 15) is 14.7 Å². The van der Waals surface area contributed by atoms with Gasteiger partial charge in [0.15, 0.2) is 0 Å². The van der Waals surface area contributed by atoms with Crippen LogP contribution in [0.4, 0.5) is 0 Å². The van der Waals surface area contributed by atoms with Gasteiger partial charge in [-0.1, -0.05) is 51.8 Å². The van der Waals surface area contributed by atoms with E-state index in [-0.39, 0.29) is 11.0 Å².